The van der Waals surface area contributed by atoms with Crippen LogP contribution in [0.2, 0.25) is 0 Å². The van der Waals surface area contributed by atoms with Crippen molar-refractivity contribution < 1.29 is 9.53 Å². The molecule has 0 aliphatic heterocycles. The molecule has 0 atom stereocenters. The van der Waals surface area contributed by atoms with E-state index in [1.807, 2.05) is 6.92 Å². The molecule has 0 heterocycles. The van der Waals surface area contributed by atoms with E-state index < -0.39 is 0 Å². The van der Waals surface area contributed by atoms with Crippen molar-refractivity contribution in [2.24, 2.45) is 5.41 Å². The maximum atomic E-state index is 11.6. The molecule has 1 rings (SSSR count). The van der Waals surface area contributed by atoms with E-state index in [2.05, 4.69) is 26.1 Å². The average Bonchev–Trinajstić information content (AvgIpc) is 2.30. The number of carbonyl (C=O) groups is 1. The van der Waals surface area contributed by atoms with Gasteiger partial charge in [-0.3, -0.25) is 4.79 Å². The number of nitrogens with two attached hydrogens (primary N) is 1. The van der Waals surface area contributed by atoms with Gasteiger partial charge >= 0.3 is 0 Å². The summed E-state index contributed by atoms with van der Waals surface area (Å²) >= 11 is 0. The van der Waals surface area contributed by atoms with Gasteiger partial charge in [0.05, 0.1) is 12.3 Å². The molecule has 3 N–H and O–H groups in total. The summed E-state index contributed by atoms with van der Waals surface area (Å²) in [6.45, 7) is 9.59. The Labute approximate surface area is 115 Å². The van der Waals surface area contributed by atoms with Crippen molar-refractivity contribution in [2.45, 2.75) is 34.1 Å². The van der Waals surface area contributed by atoms with Crippen LogP contribution in [0.15, 0.2) is 18.2 Å². The van der Waals surface area contributed by atoms with E-state index in [0.717, 1.165) is 6.42 Å². The molecule has 4 heteroatoms. The van der Waals surface area contributed by atoms with Gasteiger partial charge in [0.25, 0.3) is 5.91 Å². The van der Waals surface area contributed by atoms with E-state index in [-0.39, 0.29) is 11.3 Å². The van der Waals surface area contributed by atoms with Crippen LogP contribution in [-0.2, 0) is 0 Å². The zero-order valence-corrected chi connectivity index (χ0v) is 12.2. The minimum Gasteiger partial charge on any atom is -0.491 e. The largest absolute Gasteiger partial charge is 0.491 e. The summed E-state index contributed by atoms with van der Waals surface area (Å²) < 4.78 is 5.65. The first-order chi connectivity index (χ1) is 8.83. The molecule has 1 amide bonds. The van der Waals surface area contributed by atoms with Gasteiger partial charge in [0, 0.05) is 12.1 Å². The molecule has 0 aromatic heterocycles. The summed E-state index contributed by atoms with van der Waals surface area (Å²) in [5, 5.41) is 2.74. The van der Waals surface area contributed by atoms with Crippen LogP contribution >= 0.6 is 0 Å². The van der Waals surface area contributed by atoms with Crippen LogP contribution in [-0.4, -0.2) is 19.1 Å². The predicted molar refractivity (Wildman–Crippen MR) is 78.4 cm³/mol. The summed E-state index contributed by atoms with van der Waals surface area (Å²) in [5.74, 6) is 0.521. The lowest BCUT2D eigenvalue weighted by Gasteiger charge is -2.18. The maximum Gasteiger partial charge on any atom is 0.251 e. The van der Waals surface area contributed by atoms with Crippen LogP contribution in [0.3, 0.4) is 0 Å². The second kappa shape index (κ2) is 6.45. The van der Waals surface area contributed by atoms with Gasteiger partial charge in [-0.25, -0.2) is 0 Å². The fourth-order valence-corrected chi connectivity index (χ4v) is 1.55. The Morgan fingerprint density at radius 3 is 2.58 bits per heavy atom. The summed E-state index contributed by atoms with van der Waals surface area (Å²) in [5.41, 5.74) is 7.19. The first kappa shape index (κ1) is 15.3. The average molecular weight is 264 g/mol. The van der Waals surface area contributed by atoms with Crippen LogP contribution in [0.1, 0.15) is 44.5 Å². The van der Waals surface area contributed by atoms with E-state index >= 15 is 0 Å². The highest BCUT2D eigenvalue weighted by Crippen LogP contribution is 2.24. The molecule has 106 valence electrons. The smallest absolute Gasteiger partial charge is 0.251 e. The number of benzene rings is 1. The van der Waals surface area contributed by atoms with Crippen LogP contribution in [0.4, 0.5) is 5.69 Å². The first-order valence-corrected chi connectivity index (χ1v) is 6.64. The molecule has 0 saturated heterocycles. The second-order valence-corrected chi connectivity index (χ2v) is 5.77. The standard InChI is InChI=1S/C15H24N2O2/c1-5-17-14(18)11-6-7-13(12(16)10-11)19-9-8-15(2,3)4/h6-7,10H,5,8-9,16H2,1-4H3,(H,17,18). The number of hydrogen-bond acceptors (Lipinski definition) is 3. The monoisotopic (exact) mass is 264 g/mol. The number of nitrogen functional groups attached to an aromatic ring is 1. The highest BCUT2D eigenvalue weighted by molar-refractivity contribution is 5.95. The minimum atomic E-state index is -0.115. The molecular formula is C15H24N2O2. The van der Waals surface area contributed by atoms with Crippen LogP contribution in [0.25, 0.3) is 0 Å². The van der Waals surface area contributed by atoms with Crippen molar-refractivity contribution in [3.8, 4) is 5.75 Å². The van der Waals surface area contributed by atoms with Crippen LogP contribution in [0.5, 0.6) is 5.75 Å². The predicted octanol–water partition coefficient (Wildman–Crippen LogP) is 2.83. The van der Waals surface area contributed by atoms with E-state index in [1.165, 1.54) is 0 Å². The molecule has 0 unspecified atom stereocenters. The van der Waals surface area contributed by atoms with E-state index in [0.29, 0.717) is 30.2 Å². The lowest BCUT2D eigenvalue weighted by atomic mass is 9.93. The van der Waals surface area contributed by atoms with Crippen molar-refractivity contribution in [3.05, 3.63) is 23.8 Å². The van der Waals surface area contributed by atoms with Gasteiger partial charge in [-0.1, -0.05) is 20.8 Å². The van der Waals surface area contributed by atoms with Gasteiger partial charge in [0.2, 0.25) is 0 Å². The molecule has 0 fully saturated rings. The topological polar surface area (TPSA) is 64.3 Å². The molecule has 19 heavy (non-hydrogen) atoms. The van der Waals surface area contributed by atoms with Crippen LogP contribution in [0, 0.1) is 5.41 Å². The molecule has 0 bridgehead atoms. The van der Waals surface area contributed by atoms with Crippen LogP contribution < -0.4 is 15.8 Å². The summed E-state index contributed by atoms with van der Waals surface area (Å²) in [6.07, 6.45) is 0.949. The van der Waals surface area contributed by atoms with Gasteiger partial charge in [-0.05, 0) is 37.0 Å². The summed E-state index contributed by atoms with van der Waals surface area (Å²) in [6, 6.07) is 5.13. The Kier molecular flexibility index (Phi) is 5.21. The Morgan fingerprint density at radius 2 is 2.05 bits per heavy atom. The third-order valence-electron chi connectivity index (χ3n) is 2.72. The first-order valence-electron chi connectivity index (χ1n) is 6.64. The molecule has 1 aromatic carbocycles. The molecular weight excluding hydrogens is 240 g/mol. The van der Waals surface area contributed by atoms with Crippen molar-refractivity contribution in [1.29, 1.82) is 0 Å². The Balaban J connectivity index is 2.65. The zero-order valence-electron chi connectivity index (χ0n) is 12.2. The molecule has 0 spiro atoms. The van der Waals surface area contributed by atoms with Gasteiger partial charge in [-0.15, -0.1) is 0 Å². The van der Waals surface area contributed by atoms with E-state index in [9.17, 15) is 4.79 Å². The maximum absolute atomic E-state index is 11.6. The normalized spacial score (nSPS) is 11.2. The lowest BCUT2D eigenvalue weighted by Crippen LogP contribution is -2.22. The zero-order chi connectivity index (χ0) is 14.5. The fourth-order valence-electron chi connectivity index (χ4n) is 1.55. The molecule has 0 saturated carbocycles. The van der Waals surface area contributed by atoms with Gasteiger partial charge in [0.1, 0.15) is 5.75 Å². The fraction of sp³-hybridized carbons (Fsp3) is 0.533. The number of ether oxygens (including phenoxy) is 1. The summed E-state index contributed by atoms with van der Waals surface area (Å²) in [7, 11) is 0. The second-order valence-electron chi connectivity index (χ2n) is 5.77. The number of nitrogens with one attached hydrogen (secondary N) is 1. The minimum absolute atomic E-state index is 0.115. The van der Waals surface area contributed by atoms with Gasteiger partial charge in [-0.2, -0.15) is 0 Å². The van der Waals surface area contributed by atoms with Crippen molar-refractivity contribution in [3.63, 3.8) is 0 Å². The third-order valence-corrected chi connectivity index (χ3v) is 2.72. The highest BCUT2D eigenvalue weighted by atomic mass is 16.5. The molecule has 0 aliphatic rings. The van der Waals surface area contributed by atoms with Crippen molar-refractivity contribution in [1.82, 2.24) is 5.32 Å². The number of anilines is 1. The van der Waals surface area contributed by atoms with Crippen molar-refractivity contribution in [2.75, 3.05) is 18.9 Å². The Bertz CT molecular complexity index is 436. The van der Waals surface area contributed by atoms with Gasteiger partial charge < -0.3 is 15.8 Å². The van der Waals surface area contributed by atoms with Gasteiger partial charge in [0.15, 0.2) is 0 Å². The summed E-state index contributed by atoms with van der Waals surface area (Å²) in [4.78, 5) is 11.6. The Morgan fingerprint density at radius 1 is 1.37 bits per heavy atom. The molecule has 4 nitrogen and oxygen atoms in total. The molecule has 0 aliphatic carbocycles. The van der Waals surface area contributed by atoms with E-state index in [1.54, 1.807) is 18.2 Å². The molecule has 0 radical (unpaired) electrons. The number of amides is 1. The quantitative estimate of drug-likeness (QED) is 0.804. The molecule has 1 aromatic rings. The third kappa shape index (κ3) is 5.20. The Hall–Kier alpha value is -1.71. The SMILES string of the molecule is CCNC(=O)c1ccc(OCCC(C)(C)C)c(N)c1. The number of hydrogen-bond donors (Lipinski definition) is 2. The highest BCUT2D eigenvalue weighted by Gasteiger charge is 2.11. The van der Waals surface area contributed by atoms with E-state index in [4.69, 9.17) is 10.5 Å². The number of carbonyl (C=O) groups excluding carboxylic acids is 1. The number of rotatable bonds is 5. The lowest BCUT2D eigenvalue weighted by molar-refractivity contribution is 0.0956. The van der Waals surface area contributed by atoms with Crippen molar-refractivity contribution >= 4 is 11.6 Å².